The minimum atomic E-state index is -0.0508. The number of aromatic nitrogens is 3. The van der Waals surface area contributed by atoms with Crippen LogP contribution < -0.4 is 10.2 Å². The fourth-order valence-corrected chi connectivity index (χ4v) is 3.17. The molecule has 1 N–H and O–H groups in total. The molecule has 6 heteroatoms. The molecule has 1 aliphatic heterocycles. The van der Waals surface area contributed by atoms with Crippen LogP contribution in [-0.2, 0) is 11.3 Å². The molecule has 2 aromatic rings. The monoisotopic (exact) mass is 325 g/mol. The van der Waals surface area contributed by atoms with E-state index in [-0.39, 0.29) is 11.9 Å². The van der Waals surface area contributed by atoms with Crippen LogP contribution >= 0.6 is 0 Å². The topological polar surface area (TPSA) is 71.0 Å². The average molecular weight is 325 g/mol. The molecule has 2 aromatic heterocycles. The Morgan fingerprint density at radius 3 is 2.92 bits per heavy atom. The van der Waals surface area contributed by atoms with Crippen molar-refractivity contribution in [2.24, 2.45) is 0 Å². The number of anilines is 1. The molecule has 6 nitrogen and oxygen atoms in total. The number of aryl methyl sites for hydroxylation is 2. The van der Waals surface area contributed by atoms with Crippen molar-refractivity contribution in [2.75, 3.05) is 11.4 Å². The summed E-state index contributed by atoms with van der Waals surface area (Å²) in [4.78, 5) is 27.3. The van der Waals surface area contributed by atoms with Gasteiger partial charge in [-0.05, 0) is 38.8 Å². The average Bonchev–Trinajstić information content (AvgIpc) is 3.03. The molecule has 1 amide bonds. The highest BCUT2D eigenvalue weighted by atomic mass is 16.1. The molecule has 1 aliphatic rings. The quantitative estimate of drug-likeness (QED) is 0.935. The smallest absolute Gasteiger partial charge is 0.217 e. The summed E-state index contributed by atoms with van der Waals surface area (Å²) in [6.45, 7) is 6.84. The van der Waals surface area contributed by atoms with Crippen molar-refractivity contribution in [3.63, 3.8) is 0 Å². The zero-order chi connectivity index (χ0) is 17.1. The van der Waals surface area contributed by atoms with Crippen LogP contribution in [0.2, 0.25) is 0 Å². The molecule has 3 rings (SSSR count). The Hall–Kier alpha value is -2.50. The van der Waals surface area contributed by atoms with Gasteiger partial charge < -0.3 is 10.2 Å². The van der Waals surface area contributed by atoms with Crippen LogP contribution in [0.25, 0.3) is 0 Å². The van der Waals surface area contributed by atoms with E-state index in [1.165, 1.54) is 6.92 Å². The minimum absolute atomic E-state index is 0.0508. The number of amides is 1. The van der Waals surface area contributed by atoms with Gasteiger partial charge in [0, 0.05) is 37.5 Å². The number of carbonyl (C=O) groups is 1. The first-order chi connectivity index (χ1) is 11.5. The lowest BCUT2D eigenvalue weighted by Crippen LogP contribution is -2.27. The number of nitrogens with one attached hydrogen (secondary N) is 1. The number of carbonyl (C=O) groups excluding carboxylic acids is 1. The molecule has 126 valence electrons. The molecule has 0 aromatic carbocycles. The van der Waals surface area contributed by atoms with Gasteiger partial charge in [-0.25, -0.2) is 15.0 Å². The van der Waals surface area contributed by atoms with E-state index < -0.39 is 0 Å². The Morgan fingerprint density at radius 2 is 2.17 bits per heavy atom. The van der Waals surface area contributed by atoms with Gasteiger partial charge in [-0.2, -0.15) is 0 Å². The van der Waals surface area contributed by atoms with Crippen molar-refractivity contribution in [2.45, 2.75) is 46.2 Å². The number of hydrogen-bond acceptors (Lipinski definition) is 5. The van der Waals surface area contributed by atoms with Crippen molar-refractivity contribution >= 4 is 11.7 Å². The molecule has 3 heterocycles. The Kier molecular flexibility index (Phi) is 4.74. The maximum atomic E-state index is 11.3. The minimum Gasteiger partial charge on any atom is -0.352 e. The molecule has 0 unspecified atom stereocenters. The van der Waals surface area contributed by atoms with Gasteiger partial charge in [0.25, 0.3) is 0 Å². The molecule has 1 saturated heterocycles. The predicted molar refractivity (Wildman–Crippen MR) is 92.6 cm³/mol. The first kappa shape index (κ1) is 16.4. The highest BCUT2D eigenvalue weighted by molar-refractivity contribution is 5.72. The summed E-state index contributed by atoms with van der Waals surface area (Å²) < 4.78 is 0. The molecule has 1 atom stereocenters. The summed E-state index contributed by atoms with van der Waals surface area (Å²) in [6.07, 6.45) is 3.95. The fourth-order valence-electron chi connectivity index (χ4n) is 3.17. The zero-order valence-corrected chi connectivity index (χ0v) is 14.4. The molecular weight excluding hydrogens is 302 g/mol. The third kappa shape index (κ3) is 3.53. The fraction of sp³-hybridized carbons (Fsp3) is 0.444. The van der Waals surface area contributed by atoms with Gasteiger partial charge in [0.2, 0.25) is 5.91 Å². The molecule has 1 fully saturated rings. The Bertz CT molecular complexity index is 746. The number of rotatable bonds is 4. The lowest BCUT2D eigenvalue weighted by atomic mass is 10.1. The number of pyridine rings is 1. The van der Waals surface area contributed by atoms with Gasteiger partial charge in [0.1, 0.15) is 11.6 Å². The number of hydrogen-bond donors (Lipinski definition) is 1. The van der Waals surface area contributed by atoms with Crippen LogP contribution in [0.5, 0.6) is 0 Å². The second-order valence-corrected chi connectivity index (χ2v) is 6.23. The van der Waals surface area contributed by atoms with Crippen molar-refractivity contribution < 1.29 is 4.79 Å². The first-order valence-corrected chi connectivity index (χ1v) is 8.32. The molecule has 0 saturated carbocycles. The van der Waals surface area contributed by atoms with E-state index in [0.717, 1.165) is 48.0 Å². The number of nitrogens with zero attached hydrogens (tertiary/aromatic N) is 4. The SMILES string of the molecule is CC(=O)NCc1cnc(C)nc1[C@H]1CCCN1c1cccc(C)n1. The van der Waals surface area contributed by atoms with Gasteiger partial charge in [-0.3, -0.25) is 4.79 Å². The van der Waals surface area contributed by atoms with Gasteiger partial charge >= 0.3 is 0 Å². The van der Waals surface area contributed by atoms with E-state index in [9.17, 15) is 4.79 Å². The Balaban J connectivity index is 1.94. The maximum absolute atomic E-state index is 11.3. The highest BCUT2D eigenvalue weighted by Crippen LogP contribution is 2.35. The highest BCUT2D eigenvalue weighted by Gasteiger charge is 2.30. The van der Waals surface area contributed by atoms with E-state index in [1.54, 1.807) is 0 Å². The van der Waals surface area contributed by atoms with Crippen molar-refractivity contribution in [3.05, 3.63) is 47.2 Å². The first-order valence-electron chi connectivity index (χ1n) is 8.32. The van der Waals surface area contributed by atoms with Crippen LogP contribution in [0.15, 0.2) is 24.4 Å². The van der Waals surface area contributed by atoms with Crippen molar-refractivity contribution in [3.8, 4) is 0 Å². The van der Waals surface area contributed by atoms with E-state index in [2.05, 4.69) is 20.2 Å². The molecule has 24 heavy (non-hydrogen) atoms. The summed E-state index contributed by atoms with van der Waals surface area (Å²) in [5.41, 5.74) is 2.98. The lowest BCUT2D eigenvalue weighted by Gasteiger charge is -2.27. The Labute approximate surface area is 142 Å². The second kappa shape index (κ2) is 6.95. The predicted octanol–water partition coefficient (Wildman–Crippen LogP) is 2.47. The van der Waals surface area contributed by atoms with E-state index >= 15 is 0 Å². The molecular formula is C18H23N5O. The van der Waals surface area contributed by atoms with Crippen LogP contribution in [-0.4, -0.2) is 27.4 Å². The molecule has 0 radical (unpaired) electrons. The van der Waals surface area contributed by atoms with Gasteiger partial charge in [0.05, 0.1) is 11.7 Å². The second-order valence-electron chi connectivity index (χ2n) is 6.23. The van der Waals surface area contributed by atoms with Gasteiger partial charge in [-0.1, -0.05) is 6.07 Å². The standard InChI is InChI=1S/C18H23N5O/c1-12-6-4-8-17(21-12)23-9-5-7-16(23)18-15(11-20-14(3)24)10-19-13(2)22-18/h4,6,8,10,16H,5,7,9,11H2,1-3H3,(H,20,24)/t16-/m1/s1. The van der Waals surface area contributed by atoms with Crippen LogP contribution in [0.3, 0.4) is 0 Å². The largest absolute Gasteiger partial charge is 0.352 e. The summed E-state index contributed by atoms with van der Waals surface area (Å²) >= 11 is 0. The van der Waals surface area contributed by atoms with Crippen LogP contribution in [0, 0.1) is 13.8 Å². The third-order valence-corrected chi connectivity index (χ3v) is 4.28. The zero-order valence-electron chi connectivity index (χ0n) is 14.4. The van der Waals surface area contributed by atoms with E-state index in [1.807, 2.05) is 38.2 Å². The third-order valence-electron chi connectivity index (χ3n) is 4.28. The van der Waals surface area contributed by atoms with Crippen molar-refractivity contribution in [1.82, 2.24) is 20.3 Å². The summed E-state index contributed by atoms with van der Waals surface area (Å²) in [7, 11) is 0. The Morgan fingerprint density at radius 1 is 1.33 bits per heavy atom. The van der Waals surface area contributed by atoms with E-state index in [0.29, 0.717) is 6.54 Å². The van der Waals surface area contributed by atoms with Gasteiger partial charge in [-0.15, -0.1) is 0 Å². The van der Waals surface area contributed by atoms with E-state index in [4.69, 9.17) is 4.98 Å². The summed E-state index contributed by atoms with van der Waals surface area (Å²) in [5, 5.41) is 2.86. The summed E-state index contributed by atoms with van der Waals surface area (Å²) in [6, 6.07) is 6.26. The lowest BCUT2D eigenvalue weighted by molar-refractivity contribution is -0.119. The molecule has 0 spiro atoms. The van der Waals surface area contributed by atoms with Crippen molar-refractivity contribution in [1.29, 1.82) is 0 Å². The summed E-state index contributed by atoms with van der Waals surface area (Å²) in [5.74, 6) is 1.69. The normalized spacial score (nSPS) is 17.1. The van der Waals surface area contributed by atoms with Crippen LogP contribution in [0.1, 0.15) is 48.6 Å². The maximum Gasteiger partial charge on any atom is 0.217 e. The van der Waals surface area contributed by atoms with Gasteiger partial charge in [0.15, 0.2) is 0 Å². The van der Waals surface area contributed by atoms with Crippen LogP contribution in [0.4, 0.5) is 5.82 Å². The molecule has 0 aliphatic carbocycles. The molecule has 0 bridgehead atoms.